The minimum atomic E-state index is -4.32. The Morgan fingerprint density at radius 3 is 2.31 bits per heavy atom. The van der Waals surface area contributed by atoms with Crippen molar-refractivity contribution in [3.8, 4) is 0 Å². The summed E-state index contributed by atoms with van der Waals surface area (Å²) in [5, 5.41) is 0. The highest BCUT2D eigenvalue weighted by Gasteiger charge is 2.30. The Labute approximate surface area is 99.4 Å². The Morgan fingerprint density at radius 1 is 1.31 bits per heavy atom. The molecule has 1 aromatic rings. The molecule has 1 rings (SSSR count). The number of aromatic nitrogens is 2. The zero-order valence-corrected chi connectivity index (χ0v) is 10.4. The molecule has 90 valence electrons. The predicted molar refractivity (Wildman–Crippen MR) is 58.0 cm³/mol. The molecule has 16 heavy (non-hydrogen) atoms. The van der Waals surface area contributed by atoms with E-state index in [0.717, 1.165) is 0 Å². The van der Waals surface area contributed by atoms with Gasteiger partial charge in [-0.25, -0.2) is 9.97 Å². The Morgan fingerprint density at radius 2 is 1.88 bits per heavy atom. The molecule has 1 heterocycles. The highest BCUT2D eigenvalue weighted by atomic mass is 79.9. The van der Waals surface area contributed by atoms with Gasteiger partial charge in [0.1, 0.15) is 18.1 Å². The largest absolute Gasteiger partial charge is 0.396 e. The maximum Gasteiger partial charge on any atom is 0.396 e. The third-order valence-electron chi connectivity index (χ3n) is 1.85. The summed E-state index contributed by atoms with van der Waals surface area (Å²) in [4.78, 5) is 7.46. The van der Waals surface area contributed by atoms with Crippen LogP contribution in [0.1, 0.15) is 31.3 Å². The van der Waals surface area contributed by atoms with Crippen molar-refractivity contribution in [2.75, 3.05) is 5.73 Å². The van der Waals surface area contributed by atoms with Crippen LogP contribution in [0.25, 0.3) is 0 Å². The smallest absolute Gasteiger partial charge is 0.383 e. The molecule has 0 saturated heterocycles. The molecule has 0 saturated carbocycles. The van der Waals surface area contributed by atoms with Crippen LogP contribution in [-0.4, -0.2) is 16.1 Å². The lowest BCUT2D eigenvalue weighted by atomic mass is 10.1. The lowest BCUT2D eigenvalue weighted by Crippen LogP contribution is -2.16. The van der Waals surface area contributed by atoms with Gasteiger partial charge >= 0.3 is 6.18 Å². The molecule has 2 N–H and O–H groups in total. The normalized spacial score (nSPS) is 12.2. The van der Waals surface area contributed by atoms with Gasteiger partial charge in [-0.05, 0) is 21.8 Å². The first-order valence-corrected chi connectivity index (χ1v) is 5.38. The standard InChI is InChI=1S/C9H11BrF3N3/c1-4(2)7-6(10)8(14)16-5(15-7)3-9(11,12)13/h4H,3H2,1-2H3,(H2,14,15,16). The Bertz CT molecular complexity index is 390. The van der Waals surface area contributed by atoms with Crippen molar-refractivity contribution in [2.45, 2.75) is 32.4 Å². The van der Waals surface area contributed by atoms with Crippen LogP contribution in [-0.2, 0) is 6.42 Å². The molecule has 0 spiro atoms. The fraction of sp³-hybridized carbons (Fsp3) is 0.556. The van der Waals surface area contributed by atoms with E-state index in [1.807, 2.05) is 13.8 Å². The van der Waals surface area contributed by atoms with Crippen molar-refractivity contribution >= 4 is 21.7 Å². The van der Waals surface area contributed by atoms with Crippen LogP contribution >= 0.6 is 15.9 Å². The molecule has 0 bridgehead atoms. The summed E-state index contributed by atoms with van der Waals surface area (Å²) in [7, 11) is 0. The molecule has 7 heteroatoms. The maximum atomic E-state index is 12.2. The van der Waals surface area contributed by atoms with E-state index in [2.05, 4.69) is 25.9 Å². The predicted octanol–water partition coefficient (Wildman–Crippen LogP) is 3.05. The number of hydrogen-bond acceptors (Lipinski definition) is 3. The molecule has 0 atom stereocenters. The van der Waals surface area contributed by atoms with Crippen molar-refractivity contribution in [1.82, 2.24) is 9.97 Å². The van der Waals surface area contributed by atoms with Crippen LogP contribution in [0.5, 0.6) is 0 Å². The molecule has 0 aliphatic carbocycles. The number of rotatable bonds is 2. The third-order valence-corrected chi connectivity index (χ3v) is 2.67. The van der Waals surface area contributed by atoms with E-state index in [1.54, 1.807) is 0 Å². The second kappa shape index (κ2) is 4.57. The first kappa shape index (κ1) is 13.2. The van der Waals surface area contributed by atoms with E-state index < -0.39 is 12.6 Å². The average molecular weight is 298 g/mol. The summed E-state index contributed by atoms with van der Waals surface area (Å²) >= 11 is 3.16. The summed E-state index contributed by atoms with van der Waals surface area (Å²) < 4.78 is 37.0. The lowest BCUT2D eigenvalue weighted by Gasteiger charge is -2.12. The zero-order valence-electron chi connectivity index (χ0n) is 8.77. The molecule has 3 nitrogen and oxygen atoms in total. The molecule has 0 aliphatic rings. The highest BCUT2D eigenvalue weighted by Crippen LogP contribution is 2.28. The molecular formula is C9H11BrF3N3. The van der Waals surface area contributed by atoms with Gasteiger partial charge in [0.25, 0.3) is 0 Å². The van der Waals surface area contributed by atoms with Gasteiger partial charge in [-0.2, -0.15) is 13.2 Å². The van der Waals surface area contributed by atoms with E-state index in [-0.39, 0.29) is 17.6 Å². The van der Waals surface area contributed by atoms with Gasteiger partial charge in [-0.1, -0.05) is 13.8 Å². The van der Waals surface area contributed by atoms with Gasteiger partial charge in [0.15, 0.2) is 0 Å². The quantitative estimate of drug-likeness (QED) is 0.913. The van der Waals surface area contributed by atoms with Crippen molar-refractivity contribution in [3.63, 3.8) is 0 Å². The Kier molecular flexibility index (Phi) is 3.77. The van der Waals surface area contributed by atoms with Crippen LogP contribution in [0.15, 0.2) is 4.47 Å². The van der Waals surface area contributed by atoms with Crippen LogP contribution in [0.3, 0.4) is 0 Å². The summed E-state index contributed by atoms with van der Waals surface area (Å²) in [6, 6.07) is 0. The second-order valence-electron chi connectivity index (χ2n) is 3.67. The average Bonchev–Trinajstić information content (AvgIpc) is 2.07. The zero-order chi connectivity index (χ0) is 12.5. The first-order valence-electron chi connectivity index (χ1n) is 4.59. The van der Waals surface area contributed by atoms with Gasteiger partial charge in [0.2, 0.25) is 0 Å². The third kappa shape index (κ3) is 3.33. The van der Waals surface area contributed by atoms with Crippen molar-refractivity contribution in [1.29, 1.82) is 0 Å². The minimum absolute atomic E-state index is 0.0216. The molecule has 0 amide bonds. The lowest BCUT2D eigenvalue weighted by molar-refractivity contribution is -0.128. The fourth-order valence-corrected chi connectivity index (χ4v) is 1.81. The van der Waals surface area contributed by atoms with Gasteiger partial charge in [-0.3, -0.25) is 0 Å². The summed E-state index contributed by atoms with van der Waals surface area (Å²) in [5.41, 5.74) is 6.01. The van der Waals surface area contributed by atoms with E-state index in [4.69, 9.17) is 5.73 Å². The molecule has 0 unspecified atom stereocenters. The summed E-state index contributed by atoms with van der Waals surface area (Å²) in [6.07, 6.45) is -5.49. The van der Waals surface area contributed by atoms with Gasteiger partial charge in [0.05, 0.1) is 10.2 Å². The van der Waals surface area contributed by atoms with Gasteiger partial charge in [0, 0.05) is 0 Å². The molecule has 0 fully saturated rings. The van der Waals surface area contributed by atoms with Crippen molar-refractivity contribution in [3.05, 3.63) is 16.0 Å². The number of nitrogens with zero attached hydrogens (tertiary/aromatic N) is 2. The number of anilines is 1. The van der Waals surface area contributed by atoms with Crippen LogP contribution in [0.4, 0.5) is 19.0 Å². The van der Waals surface area contributed by atoms with Crippen LogP contribution in [0.2, 0.25) is 0 Å². The molecule has 0 radical (unpaired) electrons. The van der Waals surface area contributed by atoms with E-state index in [1.165, 1.54) is 0 Å². The summed E-state index contributed by atoms with van der Waals surface area (Å²) in [6.45, 7) is 3.65. The monoisotopic (exact) mass is 297 g/mol. The fourth-order valence-electron chi connectivity index (χ4n) is 1.17. The number of nitrogen functional groups attached to an aromatic ring is 1. The number of hydrogen-bond donors (Lipinski definition) is 1. The molecule has 1 aromatic heterocycles. The SMILES string of the molecule is CC(C)c1nc(CC(F)(F)F)nc(N)c1Br. The van der Waals surface area contributed by atoms with E-state index >= 15 is 0 Å². The van der Waals surface area contributed by atoms with Gasteiger partial charge < -0.3 is 5.73 Å². The van der Waals surface area contributed by atoms with Gasteiger partial charge in [-0.15, -0.1) is 0 Å². The number of nitrogens with two attached hydrogens (primary N) is 1. The van der Waals surface area contributed by atoms with Crippen molar-refractivity contribution < 1.29 is 13.2 Å². The minimum Gasteiger partial charge on any atom is -0.383 e. The molecular weight excluding hydrogens is 287 g/mol. The second-order valence-corrected chi connectivity index (χ2v) is 4.46. The summed E-state index contributed by atoms with van der Waals surface area (Å²) in [5.74, 6) is -0.276. The topological polar surface area (TPSA) is 51.8 Å². The first-order chi connectivity index (χ1) is 7.20. The molecule has 0 aromatic carbocycles. The van der Waals surface area contributed by atoms with Crippen LogP contribution < -0.4 is 5.73 Å². The number of halogens is 4. The maximum absolute atomic E-state index is 12.2. The van der Waals surface area contributed by atoms with E-state index in [9.17, 15) is 13.2 Å². The molecule has 0 aliphatic heterocycles. The Balaban J connectivity index is 3.14. The van der Waals surface area contributed by atoms with Crippen molar-refractivity contribution in [2.24, 2.45) is 0 Å². The van der Waals surface area contributed by atoms with E-state index in [0.29, 0.717) is 10.2 Å². The highest BCUT2D eigenvalue weighted by molar-refractivity contribution is 9.10. The van der Waals surface area contributed by atoms with Crippen LogP contribution in [0, 0.1) is 0 Å². The number of alkyl halides is 3. The Hall–Kier alpha value is -0.850.